The lowest BCUT2D eigenvalue weighted by molar-refractivity contribution is 0.234. The summed E-state index contributed by atoms with van der Waals surface area (Å²) in [6.45, 7) is 0. The van der Waals surface area contributed by atoms with E-state index in [4.69, 9.17) is 20.9 Å². The topological polar surface area (TPSA) is 109 Å². The first kappa shape index (κ1) is 12.3. The molecule has 2 aromatic heterocycles. The van der Waals surface area contributed by atoms with E-state index in [1.165, 1.54) is 0 Å². The number of imidazole rings is 1. The summed E-state index contributed by atoms with van der Waals surface area (Å²) in [5.41, 5.74) is 14.3. The normalized spacial score (nSPS) is 17.0. The Morgan fingerprint density at radius 1 is 1.29 bits per heavy atom. The molecule has 0 unspecified atom stereocenters. The lowest BCUT2D eigenvalue weighted by Crippen LogP contribution is -2.45. The fourth-order valence-corrected chi connectivity index (χ4v) is 2.90. The first-order valence-corrected chi connectivity index (χ1v) is 6.92. The molecule has 1 aromatic carbocycles. The van der Waals surface area contributed by atoms with Crippen LogP contribution in [0, 0.1) is 0 Å². The highest BCUT2D eigenvalue weighted by Crippen LogP contribution is 2.39. The SMILES string of the molecule is Cn1c(C2(N)CCC2)nc2ccc(-c3nnc(N)o3)cc21. The molecule has 1 aliphatic carbocycles. The van der Waals surface area contributed by atoms with Crippen molar-refractivity contribution >= 4 is 17.0 Å². The van der Waals surface area contributed by atoms with Gasteiger partial charge in [0.15, 0.2) is 0 Å². The Bertz CT molecular complexity index is 829. The third-order valence-electron chi connectivity index (χ3n) is 4.26. The van der Waals surface area contributed by atoms with E-state index in [0.29, 0.717) is 5.89 Å². The van der Waals surface area contributed by atoms with Crippen LogP contribution in [0.4, 0.5) is 6.01 Å². The average Bonchev–Trinajstić information content (AvgIpc) is 3.01. The van der Waals surface area contributed by atoms with E-state index in [-0.39, 0.29) is 11.6 Å². The number of rotatable bonds is 2. The molecule has 3 aromatic rings. The van der Waals surface area contributed by atoms with Gasteiger partial charge in [-0.2, -0.15) is 0 Å². The molecule has 2 heterocycles. The molecule has 1 saturated carbocycles. The second-order valence-corrected chi connectivity index (χ2v) is 5.65. The van der Waals surface area contributed by atoms with Gasteiger partial charge >= 0.3 is 6.01 Å². The minimum absolute atomic E-state index is 0.0613. The maximum atomic E-state index is 6.40. The Morgan fingerprint density at radius 3 is 2.71 bits per heavy atom. The van der Waals surface area contributed by atoms with Crippen LogP contribution in [-0.4, -0.2) is 19.7 Å². The van der Waals surface area contributed by atoms with E-state index >= 15 is 0 Å². The number of hydrogen-bond donors (Lipinski definition) is 2. The van der Waals surface area contributed by atoms with Gasteiger partial charge in [-0.25, -0.2) is 4.98 Å². The van der Waals surface area contributed by atoms with Crippen molar-refractivity contribution in [3.8, 4) is 11.5 Å². The number of aryl methyl sites for hydroxylation is 1. The lowest BCUT2D eigenvalue weighted by atomic mass is 9.77. The van der Waals surface area contributed by atoms with Gasteiger partial charge in [-0.05, 0) is 37.5 Å². The van der Waals surface area contributed by atoms with Crippen LogP contribution < -0.4 is 11.5 Å². The molecule has 1 aliphatic rings. The van der Waals surface area contributed by atoms with Crippen LogP contribution in [0.2, 0.25) is 0 Å². The zero-order valence-corrected chi connectivity index (χ0v) is 11.7. The Morgan fingerprint density at radius 2 is 2.10 bits per heavy atom. The molecule has 0 atom stereocenters. The van der Waals surface area contributed by atoms with E-state index in [1.54, 1.807) is 0 Å². The largest absolute Gasteiger partial charge is 0.404 e. The van der Waals surface area contributed by atoms with Gasteiger partial charge in [0.25, 0.3) is 0 Å². The molecule has 4 N–H and O–H groups in total. The summed E-state index contributed by atoms with van der Waals surface area (Å²) in [6, 6.07) is 5.87. The molecule has 0 saturated heterocycles. The Labute approximate surface area is 121 Å². The fourth-order valence-electron chi connectivity index (χ4n) is 2.90. The van der Waals surface area contributed by atoms with Crippen LogP contribution in [0.25, 0.3) is 22.5 Å². The van der Waals surface area contributed by atoms with Crippen molar-refractivity contribution in [2.75, 3.05) is 5.73 Å². The number of hydrogen-bond acceptors (Lipinski definition) is 6. The monoisotopic (exact) mass is 284 g/mol. The number of nitrogens with zero attached hydrogens (tertiary/aromatic N) is 4. The maximum absolute atomic E-state index is 6.40. The van der Waals surface area contributed by atoms with Crippen molar-refractivity contribution in [1.29, 1.82) is 0 Å². The third-order valence-corrected chi connectivity index (χ3v) is 4.26. The number of nitrogen functional groups attached to an aromatic ring is 1. The highest BCUT2D eigenvalue weighted by atomic mass is 16.4. The predicted molar refractivity (Wildman–Crippen MR) is 78.1 cm³/mol. The summed E-state index contributed by atoms with van der Waals surface area (Å²) in [4.78, 5) is 4.69. The molecule has 0 aliphatic heterocycles. The van der Waals surface area contributed by atoms with Crippen molar-refractivity contribution in [2.45, 2.75) is 24.8 Å². The van der Waals surface area contributed by atoms with Crippen molar-refractivity contribution in [3.05, 3.63) is 24.0 Å². The van der Waals surface area contributed by atoms with Crippen molar-refractivity contribution in [1.82, 2.24) is 19.7 Å². The first-order valence-electron chi connectivity index (χ1n) is 6.92. The predicted octanol–water partition coefficient (Wildman–Crippen LogP) is 1.54. The van der Waals surface area contributed by atoms with Crippen LogP contribution in [0.3, 0.4) is 0 Å². The van der Waals surface area contributed by atoms with E-state index in [9.17, 15) is 0 Å². The highest BCUT2D eigenvalue weighted by molar-refractivity contribution is 5.81. The Hall–Kier alpha value is -2.41. The zero-order chi connectivity index (χ0) is 14.6. The van der Waals surface area contributed by atoms with Gasteiger partial charge in [0.1, 0.15) is 5.82 Å². The molecule has 4 rings (SSSR count). The Kier molecular flexibility index (Phi) is 2.38. The second kappa shape index (κ2) is 4.05. The summed E-state index contributed by atoms with van der Waals surface area (Å²) in [5, 5.41) is 7.59. The van der Waals surface area contributed by atoms with Gasteiger partial charge in [-0.1, -0.05) is 5.10 Å². The fraction of sp³-hybridized carbons (Fsp3) is 0.357. The van der Waals surface area contributed by atoms with Crippen molar-refractivity contribution in [3.63, 3.8) is 0 Å². The van der Waals surface area contributed by atoms with Crippen molar-refractivity contribution < 1.29 is 4.42 Å². The van der Waals surface area contributed by atoms with E-state index in [1.807, 2.05) is 25.2 Å². The smallest absolute Gasteiger partial charge is 0.313 e. The molecular formula is C14H16N6O. The first-order chi connectivity index (χ1) is 10.1. The number of benzene rings is 1. The molecule has 1 fully saturated rings. The quantitative estimate of drug-likeness (QED) is 0.739. The van der Waals surface area contributed by atoms with Crippen LogP contribution in [-0.2, 0) is 12.6 Å². The molecule has 21 heavy (non-hydrogen) atoms. The maximum Gasteiger partial charge on any atom is 0.313 e. The van der Waals surface area contributed by atoms with Gasteiger partial charge in [0.2, 0.25) is 5.89 Å². The second-order valence-electron chi connectivity index (χ2n) is 5.65. The van der Waals surface area contributed by atoms with Crippen LogP contribution in [0.15, 0.2) is 22.6 Å². The molecule has 0 spiro atoms. The van der Waals surface area contributed by atoms with E-state index in [2.05, 4.69) is 14.8 Å². The number of nitrogens with two attached hydrogens (primary N) is 2. The Balaban J connectivity index is 1.86. The summed E-state index contributed by atoms with van der Waals surface area (Å²) in [7, 11) is 1.99. The summed E-state index contributed by atoms with van der Waals surface area (Å²) >= 11 is 0. The van der Waals surface area contributed by atoms with Gasteiger partial charge in [-0.3, -0.25) is 0 Å². The van der Waals surface area contributed by atoms with Crippen LogP contribution >= 0.6 is 0 Å². The molecule has 0 radical (unpaired) electrons. The number of aromatic nitrogens is 4. The molecule has 0 bridgehead atoms. The highest BCUT2D eigenvalue weighted by Gasteiger charge is 2.38. The zero-order valence-electron chi connectivity index (χ0n) is 11.7. The van der Waals surface area contributed by atoms with Crippen LogP contribution in [0.1, 0.15) is 25.1 Å². The standard InChI is InChI=1S/C14H16N6O/c1-20-10-7-8(11-18-19-13(15)21-11)3-4-9(10)17-12(20)14(16)5-2-6-14/h3-4,7H,2,5-6,16H2,1H3,(H2,15,19). The molecular weight excluding hydrogens is 268 g/mol. The number of anilines is 1. The minimum atomic E-state index is -0.289. The third kappa shape index (κ3) is 1.74. The summed E-state index contributed by atoms with van der Waals surface area (Å²) in [6.07, 6.45) is 3.13. The van der Waals surface area contributed by atoms with E-state index < -0.39 is 0 Å². The van der Waals surface area contributed by atoms with Gasteiger partial charge in [0.05, 0.1) is 16.6 Å². The van der Waals surface area contributed by atoms with Gasteiger partial charge < -0.3 is 20.5 Å². The van der Waals surface area contributed by atoms with Crippen molar-refractivity contribution in [2.24, 2.45) is 12.8 Å². The van der Waals surface area contributed by atoms with Crippen LogP contribution in [0.5, 0.6) is 0 Å². The summed E-state index contributed by atoms with van der Waals surface area (Å²) in [5.74, 6) is 1.34. The molecule has 0 amide bonds. The molecule has 7 nitrogen and oxygen atoms in total. The molecule has 108 valence electrons. The van der Waals surface area contributed by atoms with E-state index in [0.717, 1.165) is 41.7 Å². The van der Waals surface area contributed by atoms with Gasteiger partial charge in [-0.15, -0.1) is 5.10 Å². The molecule has 7 heteroatoms. The summed E-state index contributed by atoms with van der Waals surface area (Å²) < 4.78 is 7.32. The lowest BCUT2D eigenvalue weighted by Gasteiger charge is -2.37. The minimum Gasteiger partial charge on any atom is -0.404 e. The number of fused-ring (bicyclic) bond motifs is 1. The average molecular weight is 284 g/mol. The van der Waals surface area contributed by atoms with Gasteiger partial charge in [0, 0.05) is 12.6 Å².